The minimum absolute atomic E-state index is 0.0683. The van der Waals surface area contributed by atoms with Gasteiger partial charge in [0.15, 0.2) is 0 Å². The number of benzene rings is 1. The standard InChI is InChI=1S/C15H21ClN4O2S/c1-4-12-9-18-20(10-12)15(17-5-2)19-23(21,22)13-7-6-11(3)14(16)8-13/h6-9,12H,4-5,10H2,1-3H3,(H,17,19). The van der Waals surface area contributed by atoms with Crippen molar-refractivity contribution in [3.05, 3.63) is 28.8 Å². The summed E-state index contributed by atoms with van der Waals surface area (Å²) in [7, 11) is -3.86. The largest absolute Gasteiger partial charge is 0.354 e. The van der Waals surface area contributed by atoms with Gasteiger partial charge in [0.25, 0.3) is 10.0 Å². The fourth-order valence-corrected chi connectivity index (χ4v) is 3.34. The van der Waals surface area contributed by atoms with Gasteiger partial charge in [-0.3, -0.25) is 0 Å². The molecule has 1 atom stereocenters. The molecule has 0 amide bonds. The molecule has 0 spiro atoms. The van der Waals surface area contributed by atoms with Gasteiger partial charge in [-0.25, -0.2) is 5.01 Å². The number of aryl methyl sites for hydroxylation is 1. The van der Waals surface area contributed by atoms with Crippen LogP contribution in [0, 0.1) is 12.8 Å². The number of nitrogens with one attached hydrogen (secondary N) is 1. The van der Waals surface area contributed by atoms with Crippen molar-refractivity contribution < 1.29 is 8.42 Å². The second-order valence-electron chi connectivity index (χ2n) is 5.35. The Morgan fingerprint density at radius 1 is 1.48 bits per heavy atom. The van der Waals surface area contributed by atoms with Crippen LogP contribution in [0.3, 0.4) is 0 Å². The molecule has 8 heteroatoms. The van der Waals surface area contributed by atoms with Crippen molar-refractivity contribution in [2.45, 2.75) is 32.1 Å². The van der Waals surface area contributed by atoms with E-state index in [0.29, 0.717) is 24.0 Å². The molecule has 1 aromatic carbocycles. The van der Waals surface area contributed by atoms with Gasteiger partial charge in [0.1, 0.15) is 0 Å². The summed E-state index contributed by atoms with van der Waals surface area (Å²) in [5.74, 6) is 0.534. The van der Waals surface area contributed by atoms with Crippen molar-refractivity contribution in [2.24, 2.45) is 15.4 Å². The predicted octanol–water partition coefficient (Wildman–Crippen LogP) is 2.63. The number of hydrazone groups is 1. The molecule has 6 nitrogen and oxygen atoms in total. The van der Waals surface area contributed by atoms with E-state index in [4.69, 9.17) is 11.6 Å². The molecule has 1 heterocycles. The van der Waals surface area contributed by atoms with Crippen molar-refractivity contribution in [1.82, 2.24) is 10.3 Å². The number of hydrogen-bond donors (Lipinski definition) is 1. The maximum absolute atomic E-state index is 12.5. The summed E-state index contributed by atoms with van der Waals surface area (Å²) in [5, 5.41) is 9.20. The van der Waals surface area contributed by atoms with Gasteiger partial charge in [0.05, 0.1) is 11.4 Å². The van der Waals surface area contributed by atoms with Gasteiger partial charge < -0.3 is 5.32 Å². The predicted molar refractivity (Wildman–Crippen MR) is 93.5 cm³/mol. The molecule has 1 unspecified atom stereocenters. The van der Waals surface area contributed by atoms with Crippen LogP contribution in [0.1, 0.15) is 25.8 Å². The molecule has 0 saturated carbocycles. The van der Waals surface area contributed by atoms with Crippen LogP contribution in [0.15, 0.2) is 32.6 Å². The molecule has 1 aliphatic heterocycles. The topological polar surface area (TPSA) is 74.1 Å². The molecular weight excluding hydrogens is 336 g/mol. The van der Waals surface area contributed by atoms with Gasteiger partial charge in [-0.1, -0.05) is 24.6 Å². The lowest BCUT2D eigenvalue weighted by atomic mass is 10.1. The zero-order valence-electron chi connectivity index (χ0n) is 13.5. The highest BCUT2D eigenvalue weighted by Gasteiger charge is 2.23. The van der Waals surface area contributed by atoms with Crippen LogP contribution in [0.25, 0.3) is 0 Å². The van der Waals surface area contributed by atoms with Gasteiger partial charge in [-0.2, -0.15) is 13.5 Å². The van der Waals surface area contributed by atoms with E-state index in [1.54, 1.807) is 11.1 Å². The first kappa shape index (κ1) is 17.7. The van der Waals surface area contributed by atoms with E-state index in [-0.39, 0.29) is 10.9 Å². The summed E-state index contributed by atoms with van der Waals surface area (Å²) in [5.41, 5.74) is 0.816. The number of nitrogens with zero attached hydrogens (tertiary/aromatic N) is 3. The first-order valence-electron chi connectivity index (χ1n) is 7.54. The molecule has 0 radical (unpaired) electrons. The van der Waals surface area contributed by atoms with Gasteiger partial charge >= 0.3 is 0 Å². The lowest BCUT2D eigenvalue weighted by Gasteiger charge is -2.18. The Morgan fingerprint density at radius 3 is 2.78 bits per heavy atom. The lowest BCUT2D eigenvalue weighted by molar-refractivity contribution is 0.426. The number of halogens is 1. The third-order valence-electron chi connectivity index (χ3n) is 3.58. The zero-order chi connectivity index (χ0) is 17.0. The summed E-state index contributed by atoms with van der Waals surface area (Å²) < 4.78 is 29.0. The van der Waals surface area contributed by atoms with Gasteiger partial charge in [0, 0.05) is 23.7 Å². The van der Waals surface area contributed by atoms with Crippen molar-refractivity contribution in [2.75, 3.05) is 13.1 Å². The number of guanidine groups is 1. The Labute approximate surface area is 142 Å². The molecule has 126 valence electrons. The molecular formula is C15H21ClN4O2S. The van der Waals surface area contributed by atoms with E-state index in [0.717, 1.165) is 12.0 Å². The van der Waals surface area contributed by atoms with E-state index in [1.807, 2.05) is 20.1 Å². The SMILES string of the molecule is CCN/C(=N\S(=O)(=O)c1ccc(C)c(Cl)c1)N1CC(CC)C=N1. The van der Waals surface area contributed by atoms with Crippen LogP contribution < -0.4 is 5.32 Å². The van der Waals surface area contributed by atoms with E-state index in [2.05, 4.69) is 21.7 Å². The Balaban J connectivity index is 2.33. The first-order valence-corrected chi connectivity index (χ1v) is 9.35. The third-order valence-corrected chi connectivity index (χ3v) is 5.25. The first-order chi connectivity index (χ1) is 10.9. The van der Waals surface area contributed by atoms with E-state index in [1.165, 1.54) is 12.1 Å². The molecule has 0 saturated heterocycles. The molecule has 2 rings (SSSR count). The normalized spacial score (nSPS) is 18.5. The Hall–Kier alpha value is -1.60. The summed E-state index contributed by atoms with van der Waals surface area (Å²) in [4.78, 5) is 0.0683. The second kappa shape index (κ2) is 7.31. The molecule has 0 aromatic heterocycles. The molecule has 1 aromatic rings. The van der Waals surface area contributed by atoms with Crippen LogP contribution in [-0.2, 0) is 10.0 Å². The molecule has 0 fully saturated rings. The minimum Gasteiger partial charge on any atom is -0.354 e. The van der Waals surface area contributed by atoms with E-state index >= 15 is 0 Å². The zero-order valence-corrected chi connectivity index (χ0v) is 15.0. The number of sulfonamides is 1. The van der Waals surface area contributed by atoms with Crippen molar-refractivity contribution >= 4 is 33.8 Å². The monoisotopic (exact) mass is 356 g/mol. The van der Waals surface area contributed by atoms with Crippen LogP contribution in [-0.4, -0.2) is 38.7 Å². The van der Waals surface area contributed by atoms with Crippen molar-refractivity contribution in [3.63, 3.8) is 0 Å². The fraction of sp³-hybridized carbons (Fsp3) is 0.467. The van der Waals surface area contributed by atoms with E-state index in [9.17, 15) is 8.42 Å². The Bertz CT molecular complexity index is 731. The smallest absolute Gasteiger partial charge is 0.285 e. The van der Waals surface area contributed by atoms with Gasteiger partial charge in [-0.15, -0.1) is 4.40 Å². The number of rotatable bonds is 4. The maximum atomic E-state index is 12.5. The average molecular weight is 357 g/mol. The summed E-state index contributed by atoms with van der Waals surface area (Å²) in [6.07, 6.45) is 2.77. The van der Waals surface area contributed by atoms with Crippen molar-refractivity contribution in [1.29, 1.82) is 0 Å². The van der Waals surface area contributed by atoms with Gasteiger partial charge in [0.2, 0.25) is 5.96 Å². The minimum atomic E-state index is -3.86. The van der Waals surface area contributed by atoms with Crippen LogP contribution in [0.4, 0.5) is 0 Å². The Kier molecular flexibility index (Phi) is 5.64. The van der Waals surface area contributed by atoms with Crippen LogP contribution in [0.5, 0.6) is 0 Å². The fourth-order valence-electron chi connectivity index (χ4n) is 2.10. The molecule has 0 aliphatic carbocycles. The third kappa shape index (κ3) is 4.23. The van der Waals surface area contributed by atoms with Crippen LogP contribution >= 0.6 is 11.6 Å². The number of hydrogen-bond acceptors (Lipinski definition) is 3. The molecule has 1 N–H and O–H groups in total. The average Bonchev–Trinajstić information content (AvgIpc) is 2.98. The summed E-state index contributed by atoms with van der Waals surface area (Å²) in [6.45, 7) is 6.92. The van der Waals surface area contributed by atoms with Gasteiger partial charge in [-0.05, 0) is 38.0 Å². The molecule has 1 aliphatic rings. The van der Waals surface area contributed by atoms with Crippen LogP contribution in [0.2, 0.25) is 5.02 Å². The van der Waals surface area contributed by atoms with E-state index < -0.39 is 10.0 Å². The highest BCUT2D eigenvalue weighted by molar-refractivity contribution is 7.90. The Morgan fingerprint density at radius 2 is 2.22 bits per heavy atom. The van der Waals surface area contributed by atoms with Crippen molar-refractivity contribution in [3.8, 4) is 0 Å². The second-order valence-corrected chi connectivity index (χ2v) is 7.36. The summed E-state index contributed by atoms with van der Waals surface area (Å²) >= 11 is 6.02. The quantitative estimate of drug-likeness (QED) is 0.664. The highest BCUT2D eigenvalue weighted by Crippen LogP contribution is 2.22. The maximum Gasteiger partial charge on any atom is 0.285 e. The molecule has 0 bridgehead atoms. The summed E-state index contributed by atoms with van der Waals surface area (Å²) in [6, 6.07) is 4.59. The lowest BCUT2D eigenvalue weighted by Crippen LogP contribution is -2.38. The highest BCUT2D eigenvalue weighted by atomic mass is 35.5. The molecule has 23 heavy (non-hydrogen) atoms.